The number of carbonyl (C=O) groups is 2. The molecule has 1 amide bonds. The number of ether oxygens (including phenoxy) is 1. The highest BCUT2D eigenvalue weighted by Crippen LogP contribution is 2.35. The van der Waals surface area contributed by atoms with Gasteiger partial charge in [0.25, 0.3) is 5.91 Å². The second-order valence-corrected chi connectivity index (χ2v) is 8.64. The Bertz CT molecular complexity index is 1320. The van der Waals surface area contributed by atoms with Crippen molar-refractivity contribution in [3.8, 4) is 0 Å². The van der Waals surface area contributed by atoms with Crippen LogP contribution in [0.1, 0.15) is 39.1 Å². The van der Waals surface area contributed by atoms with Gasteiger partial charge < -0.3 is 15.4 Å². The van der Waals surface area contributed by atoms with E-state index in [0.29, 0.717) is 11.3 Å². The van der Waals surface area contributed by atoms with Crippen molar-refractivity contribution in [2.24, 2.45) is 0 Å². The molecule has 0 bridgehead atoms. The van der Waals surface area contributed by atoms with Crippen molar-refractivity contribution in [2.45, 2.75) is 18.4 Å². The zero-order valence-corrected chi connectivity index (χ0v) is 18.9. The molecule has 0 spiro atoms. The Hall–Kier alpha value is -3.96. The standard InChI is InChI=1S/C29H26N2O3/c32-27(31-26-16-8-10-21-9-4-5-13-23(21)26)24-14-6-7-15-25(24)28(33)34-29(17-19-30-20-18-29)22-11-2-1-3-12-22/h1-16,30H,17-20H2,(H,31,32)/p+1. The summed E-state index contributed by atoms with van der Waals surface area (Å²) in [5, 5.41) is 7.20. The lowest BCUT2D eigenvalue weighted by atomic mass is 9.84. The number of quaternary nitrogens is 1. The fraction of sp³-hybridized carbons (Fsp3) is 0.172. The Morgan fingerprint density at radius 3 is 2.18 bits per heavy atom. The average Bonchev–Trinajstić information content (AvgIpc) is 2.90. The van der Waals surface area contributed by atoms with E-state index in [1.807, 2.05) is 72.8 Å². The molecule has 170 valence electrons. The quantitative estimate of drug-likeness (QED) is 0.439. The molecule has 1 aliphatic rings. The van der Waals surface area contributed by atoms with Crippen molar-refractivity contribution in [1.82, 2.24) is 0 Å². The van der Waals surface area contributed by atoms with Crippen molar-refractivity contribution in [2.75, 3.05) is 18.4 Å². The third kappa shape index (κ3) is 4.30. The number of nitrogens with two attached hydrogens (primary N) is 1. The van der Waals surface area contributed by atoms with Crippen LogP contribution in [0.5, 0.6) is 0 Å². The van der Waals surface area contributed by atoms with Crippen LogP contribution in [0.3, 0.4) is 0 Å². The summed E-state index contributed by atoms with van der Waals surface area (Å²) in [4.78, 5) is 26.8. The Morgan fingerprint density at radius 2 is 1.38 bits per heavy atom. The van der Waals surface area contributed by atoms with E-state index in [9.17, 15) is 9.59 Å². The van der Waals surface area contributed by atoms with Crippen LogP contribution < -0.4 is 10.6 Å². The zero-order chi connectivity index (χ0) is 23.4. The Labute approximate surface area is 198 Å². The Morgan fingerprint density at radius 1 is 0.735 bits per heavy atom. The van der Waals surface area contributed by atoms with Crippen LogP contribution in [0.2, 0.25) is 0 Å². The average molecular weight is 452 g/mol. The topological polar surface area (TPSA) is 72.0 Å². The number of rotatable bonds is 5. The van der Waals surface area contributed by atoms with Gasteiger partial charge >= 0.3 is 5.97 Å². The first-order valence-corrected chi connectivity index (χ1v) is 11.6. The minimum absolute atomic E-state index is 0.269. The third-order valence-electron chi connectivity index (χ3n) is 6.52. The van der Waals surface area contributed by atoms with Crippen molar-refractivity contribution in [3.63, 3.8) is 0 Å². The summed E-state index contributed by atoms with van der Waals surface area (Å²) < 4.78 is 6.22. The first kappa shape index (κ1) is 21.9. The number of nitrogens with one attached hydrogen (secondary N) is 1. The fourth-order valence-electron chi connectivity index (χ4n) is 4.75. The van der Waals surface area contributed by atoms with Gasteiger partial charge in [-0.2, -0.15) is 0 Å². The van der Waals surface area contributed by atoms with Crippen LogP contribution in [-0.4, -0.2) is 25.0 Å². The molecular weight excluding hydrogens is 424 g/mol. The molecule has 0 saturated carbocycles. The molecule has 34 heavy (non-hydrogen) atoms. The minimum atomic E-state index is -0.688. The van der Waals surface area contributed by atoms with Gasteiger partial charge in [0.15, 0.2) is 0 Å². The highest BCUT2D eigenvalue weighted by molar-refractivity contribution is 6.13. The second kappa shape index (κ2) is 9.49. The molecule has 3 N–H and O–H groups in total. The number of fused-ring (bicyclic) bond motifs is 1. The number of anilines is 1. The van der Waals surface area contributed by atoms with E-state index >= 15 is 0 Å². The number of benzene rings is 4. The van der Waals surface area contributed by atoms with Crippen molar-refractivity contribution in [3.05, 3.63) is 114 Å². The van der Waals surface area contributed by atoms with Crippen LogP contribution in [0.4, 0.5) is 5.69 Å². The zero-order valence-electron chi connectivity index (χ0n) is 18.9. The van der Waals surface area contributed by atoms with Crippen molar-refractivity contribution >= 4 is 28.3 Å². The van der Waals surface area contributed by atoms with E-state index in [0.717, 1.165) is 42.3 Å². The molecule has 0 aromatic heterocycles. The number of hydrogen-bond acceptors (Lipinski definition) is 3. The lowest BCUT2D eigenvalue weighted by Crippen LogP contribution is -2.87. The van der Waals surface area contributed by atoms with Crippen LogP contribution in [-0.2, 0) is 10.3 Å². The molecule has 1 fully saturated rings. The maximum Gasteiger partial charge on any atom is 0.339 e. The van der Waals surface area contributed by atoms with Gasteiger partial charge in [0, 0.05) is 23.9 Å². The minimum Gasteiger partial charge on any atom is -0.450 e. The summed E-state index contributed by atoms with van der Waals surface area (Å²) >= 11 is 0. The predicted octanol–water partition coefficient (Wildman–Crippen LogP) is 4.50. The molecule has 0 atom stereocenters. The number of piperidine rings is 1. The third-order valence-corrected chi connectivity index (χ3v) is 6.52. The van der Waals surface area contributed by atoms with Gasteiger partial charge in [0.05, 0.1) is 24.2 Å². The summed E-state index contributed by atoms with van der Waals surface area (Å²) in [5.41, 5.74) is 1.58. The number of amides is 1. The van der Waals surface area contributed by atoms with Gasteiger partial charge in [-0.1, -0.05) is 78.9 Å². The normalized spacial score (nSPS) is 14.9. The van der Waals surface area contributed by atoms with Crippen molar-refractivity contribution in [1.29, 1.82) is 0 Å². The molecule has 1 heterocycles. The van der Waals surface area contributed by atoms with Gasteiger partial charge in [-0.25, -0.2) is 4.79 Å². The lowest BCUT2D eigenvalue weighted by Gasteiger charge is -2.36. The monoisotopic (exact) mass is 451 g/mol. The summed E-state index contributed by atoms with van der Waals surface area (Å²) in [5.74, 6) is -0.816. The Kier molecular flexibility index (Phi) is 6.11. The maximum atomic E-state index is 13.5. The molecule has 4 aromatic rings. The highest BCUT2D eigenvalue weighted by atomic mass is 16.6. The molecule has 5 heteroatoms. The van der Waals surface area contributed by atoms with E-state index in [2.05, 4.69) is 10.6 Å². The highest BCUT2D eigenvalue weighted by Gasteiger charge is 2.40. The predicted molar refractivity (Wildman–Crippen MR) is 133 cm³/mol. The summed E-state index contributed by atoms with van der Waals surface area (Å²) in [6, 6.07) is 30.4. The van der Waals surface area contributed by atoms with E-state index < -0.39 is 11.6 Å². The number of hydrogen-bond donors (Lipinski definition) is 2. The van der Waals surface area contributed by atoms with E-state index in [4.69, 9.17) is 4.74 Å². The molecule has 5 rings (SSSR count). The van der Waals surface area contributed by atoms with Gasteiger partial charge in [-0.15, -0.1) is 0 Å². The maximum absolute atomic E-state index is 13.5. The van der Waals surface area contributed by atoms with Crippen molar-refractivity contribution < 1.29 is 19.6 Å². The number of esters is 1. The van der Waals surface area contributed by atoms with Gasteiger partial charge in [-0.3, -0.25) is 4.79 Å². The first-order valence-electron chi connectivity index (χ1n) is 11.6. The molecule has 1 saturated heterocycles. The summed E-state index contributed by atoms with van der Waals surface area (Å²) in [6.45, 7) is 1.76. The molecule has 5 nitrogen and oxygen atoms in total. The van der Waals surface area contributed by atoms with Crippen LogP contribution in [0.15, 0.2) is 97.1 Å². The lowest BCUT2D eigenvalue weighted by molar-refractivity contribution is -0.668. The smallest absolute Gasteiger partial charge is 0.339 e. The number of carbonyl (C=O) groups excluding carboxylic acids is 2. The Balaban J connectivity index is 1.44. The summed E-state index contributed by atoms with van der Waals surface area (Å²) in [6.07, 6.45) is 1.46. The molecule has 0 unspecified atom stereocenters. The first-order chi connectivity index (χ1) is 16.7. The molecular formula is C29H27N2O3+. The van der Waals surface area contributed by atoms with E-state index in [1.165, 1.54) is 0 Å². The molecule has 0 aliphatic carbocycles. The molecule has 4 aromatic carbocycles. The van der Waals surface area contributed by atoms with Gasteiger partial charge in [-0.05, 0) is 29.1 Å². The van der Waals surface area contributed by atoms with E-state index in [1.54, 1.807) is 24.3 Å². The van der Waals surface area contributed by atoms with Crippen LogP contribution in [0.25, 0.3) is 10.8 Å². The molecule has 1 aliphatic heterocycles. The summed E-state index contributed by atoms with van der Waals surface area (Å²) in [7, 11) is 0. The fourth-order valence-corrected chi connectivity index (χ4v) is 4.75. The van der Waals surface area contributed by atoms with Gasteiger partial charge in [0.1, 0.15) is 5.60 Å². The largest absolute Gasteiger partial charge is 0.450 e. The van der Waals surface area contributed by atoms with Crippen LogP contribution in [0, 0.1) is 0 Å². The van der Waals surface area contributed by atoms with Gasteiger partial charge in [0.2, 0.25) is 0 Å². The molecule has 0 radical (unpaired) electrons. The van der Waals surface area contributed by atoms with Crippen LogP contribution >= 0.6 is 0 Å². The SMILES string of the molecule is O=C(Nc1cccc2ccccc12)c1ccccc1C(=O)OC1(c2ccccc2)CC[NH2+]CC1. The van der Waals surface area contributed by atoms with E-state index in [-0.39, 0.29) is 11.5 Å². The second-order valence-electron chi connectivity index (χ2n) is 8.64.